The molecule has 0 spiro atoms. The molecule has 0 aromatic carbocycles. The number of likely N-dealkylation sites (tertiary alicyclic amines) is 1. The van der Waals surface area contributed by atoms with Gasteiger partial charge in [-0.15, -0.1) is 0 Å². The fourth-order valence-corrected chi connectivity index (χ4v) is 4.64. The van der Waals surface area contributed by atoms with Gasteiger partial charge in [-0.25, -0.2) is 0 Å². The molecule has 1 heterocycles. The van der Waals surface area contributed by atoms with E-state index >= 15 is 0 Å². The Bertz CT molecular complexity index is 491. The van der Waals surface area contributed by atoms with Gasteiger partial charge in [-0.05, 0) is 44.9 Å². The van der Waals surface area contributed by atoms with E-state index in [1.54, 1.807) is 0 Å². The Hall–Kier alpha value is -0.900. The van der Waals surface area contributed by atoms with Gasteiger partial charge in [0.15, 0.2) is 5.78 Å². The first-order valence-corrected chi connectivity index (χ1v) is 13.0. The van der Waals surface area contributed by atoms with Gasteiger partial charge in [0.05, 0.1) is 12.1 Å². The SMILES string of the molecule is CCCCCCC(CCCCC)C(=O)[C@@H]1CCCN1C(=O)C(NC(C)CC)C(C)C. The van der Waals surface area contributed by atoms with E-state index in [0.717, 1.165) is 51.5 Å². The lowest BCUT2D eigenvalue weighted by Crippen LogP contribution is -2.54. The van der Waals surface area contributed by atoms with Crippen LogP contribution in [-0.2, 0) is 9.59 Å². The summed E-state index contributed by atoms with van der Waals surface area (Å²) in [6, 6.07) is -0.0924. The second-order valence-corrected chi connectivity index (χ2v) is 9.83. The Morgan fingerprint density at radius 2 is 1.53 bits per heavy atom. The number of hydrogen-bond donors (Lipinski definition) is 1. The van der Waals surface area contributed by atoms with Crippen molar-refractivity contribution in [3.05, 3.63) is 0 Å². The zero-order valence-electron chi connectivity index (χ0n) is 20.8. The van der Waals surface area contributed by atoms with Crippen molar-refractivity contribution in [3.63, 3.8) is 0 Å². The predicted octanol–water partition coefficient (Wildman–Crippen LogP) is 6.13. The number of hydrogen-bond acceptors (Lipinski definition) is 3. The molecular formula is C26H50N2O2. The van der Waals surface area contributed by atoms with Crippen LogP contribution in [0.2, 0.25) is 0 Å². The molecule has 1 rings (SSSR count). The van der Waals surface area contributed by atoms with Crippen LogP contribution in [0.3, 0.4) is 0 Å². The Morgan fingerprint density at radius 3 is 2.10 bits per heavy atom. The number of rotatable bonds is 16. The van der Waals surface area contributed by atoms with E-state index in [1.165, 1.54) is 32.1 Å². The molecule has 30 heavy (non-hydrogen) atoms. The number of amides is 1. The van der Waals surface area contributed by atoms with Crippen LogP contribution in [-0.4, -0.2) is 41.3 Å². The summed E-state index contributed by atoms with van der Waals surface area (Å²) < 4.78 is 0. The lowest BCUT2D eigenvalue weighted by atomic mass is 9.86. The number of carbonyl (C=O) groups is 2. The van der Waals surface area contributed by atoms with E-state index in [-0.39, 0.29) is 29.8 Å². The molecule has 0 bridgehead atoms. The Labute approximate surface area is 186 Å². The first-order chi connectivity index (χ1) is 14.4. The fourth-order valence-electron chi connectivity index (χ4n) is 4.64. The van der Waals surface area contributed by atoms with Crippen LogP contribution in [0.4, 0.5) is 0 Å². The monoisotopic (exact) mass is 422 g/mol. The minimum atomic E-state index is -0.199. The smallest absolute Gasteiger partial charge is 0.240 e. The Kier molecular flexibility index (Phi) is 13.6. The van der Waals surface area contributed by atoms with Gasteiger partial charge in [0, 0.05) is 18.5 Å². The van der Waals surface area contributed by atoms with E-state index in [2.05, 4.69) is 46.9 Å². The molecule has 0 aliphatic carbocycles. The first kappa shape index (κ1) is 27.1. The van der Waals surface area contributed by atoms with Crippen LogP contribution in [0.1, 0.15) is 119 Å². The Morgan fingerprint density at radius 1 is 0.933 bits per heavy atom. The van der Waals surface area contributed by atoms with E-state index in [1.807, 2.05) is 4.90 Å². The zero-order valence-corrected chi connectivity index (χ0v) is 20.8. The van der Waals surface area contributed by atoms with Crippen LogP contribution in [0.5, 0.6) is 0 Å². The second-order valence-electron chi connectivity index (χ2n) is 9.83. The molecule has 1 aliphatic heterocycles. The largest absolute Gasteiger partial charge is 0.331 e. The summed E-state index contributed by atoms with van der Waals surface area (Å²) in [6.07, 6.45) is 13.1. The summed E-state index contributed by atoms with van der Waals surface area (Å²) >= 11 is 0. The molecule has 1 amide bonds. The maximum Gasteiger partial charge on any atom is 0.240 e. The quantitative estimate of drug-likeness (QED) is 0.305. The third-order valence-electron chi connectivity index (χ3n) is 6.84. The summed E-state index contributed by atoms with van der Waals surface area (Å²) in [5.41, 5.74) is 0. The highest BCUT2D eigenvalue weighted by atomic mass is 16.2. The molecule has 1 saturated heterocycles. The highest BCUT2D eigenvalue weighted by Gasteiger charge is 2.40. The number of ketones is 1. The van der Waals surface area contributed by atoms with Crippen LogP contribution in [0.15, 0.2) is 0 Å². The van der Waals surface area contributed by atoms with E-state index in [9.17, 15) is 9.59 Å². The third kappa shape index (κ3) is 8.69. The highest BCUT2D eigenvalue weighted by Crippen LogP contribution is 2.28. The predicted molar refractivity (Wildman–Crippen MR) is 128 cm³/mol. The summed E-state index contributed by atoms with van der Waals surface area (Å²) in [7, 11) is 0. The molecule has 4 atom stereocenters. The molecule has 3 unspecified atom stereocenters. The molecule has 0 aromatic heterocycles. The first-order valence-electron chi connectivity index (χ1n) is 13.0. The van der Waals surface area contributed by atoms with Crippen molar-refractivity contribution in [1.29, 1.82) is 0 Å². The van der Waals surface area contributed by atoms with Crippen molar-refractivity contribution in [3.8, 4) is 0 Å². The van der Waals surface area contributed by atoms with Crippen molar-refractivity contribution < 1.29 is 9.59 Å². The van der Waals surface area contributed by atoms with Crippen LogP contribution in [0, 0.1) is 11.8 Å². The number of unbranched alkanes of at least 4 members (excludes halogenated alkanes) is 5. The fraction of sp³-hybridized carbons (Fsp3) is 0.923. The van der Waals surface area contributed by atoms with Crippen LogP contribution < -0.4 is 5.32 Å². The van der Waals surface area contributed by atoms with Crippen molar-refractivity contribution in [2.45, 2.75) is 137 Å². The zero-order chi connectivity index (χ0) is 22.5. The summed E-state index contributed by atoms with van der Waals surface area (Å²) in [4.78, 5) is 29.0. The van der Waals surface area contributed by atoms with E-state index in [4.69, 9.17) is 0 Å². The van der Waals surface area contributed by atoms with E-state index < -0.39 is 0 Å². The molecular weight excluding hydrogens is 372 g/mol. The van der Waals surface area contributed by atoms with Crippen molar-refractivity contribution >= 4 is 11.7 Å². The minimum Gasteiger partial charge on any atom is -0.331 e. The molecule has 4 heteroatoms. The number of nitrogens with zero attached hydrogens (tertiary/aromatic N) is 1. The third-order valence-corrected chi connectivity index (χ3v) is 6.84. The van der Waals surface area contributed by atoms with Gasteiger partial charge in [0.25, 0.3) is 0 Å². The van der Waals surface area contributed by atoms with Crippen LogP contribution in [0.25, 0.3) is 0 Å². The summed E-state index contributed by atoms with van der Waals surface area (Å²) in [6.45, 7) is 13.7. The second kappa shape index (κ2) is 15.0. The molecule has 1 N–H and O–H groups in total. The Balaban J connectivity index is 2.86. The van der Waals surface area contributed by atoms with Gasteiger partial charge in [-0.3, -0.25) is 9.59 Å². The number of Topliss-reactive ketones (excluding diaryl/α,β-unsaturated/α-hetero) is 1. The maximum absolute atomic E-state index is 13.6. The van der Waals surface area contributed by atoms with Gasteiger partial charge >= 0.3 is 0 Å². The molecule has 0 radical (unpaired) electrons. The van der Waals surface area contributed by atoms with Crippen LogP contribution >= 0.6 is 0 Å². The van der Waals surface area contributed by atoms with Gasteiger partial charge in [0.2, 0.25) is 5.91 Å². The lowest BCUT2D eigenvalue weighted by molar-refractivity contribution is -0.141. The van der Waals surface area contributed by atoms with Gasteiger partial charge < -0.3 is 10.2 Å². The molecule has 0 aromatic rings. The maximum atomic E-state index is 13.6. The van der Waals surface area contributed by atoms with Crippen molar-refractivity contribution in [2.24, 2.45) is 11.8 Å². The number of carbonyl (C=O) groups excluding carboxylic acids is 2. The normalized spacial score (nSPS) is 19.8. The molecule has 1 aliphatic rings. The van der Waals surface area contributed by atoms with E-state index in [0.29, 0.717) is 11.8 Å². The topological polar surface area (TPSA) is 49.4 Å². The standard InChI is InChI=1S/C26H50N2O2/c1-7-10-12-14-17-22(16-13-11-8-2)25(29)23-18-15-19-28(23)26(30)24(20(4)5)27-21(6)9-3/h20-24,27H,7-19H2,1-6H3/t21?,22?,23-,24?/m0/s1. The van der Waals surface area contributed by atoms with Crippen molar-refractivity contribution in [2.75, 3.05) is 6.54 Å². The minimum absolute atomic E-state index is 0.131. The molecule has 0 saturated carbocycles. The lowest BCUT2D eigenvalue weighted by Gasteiger charge is -2.33. The van der Waals surface area contributed by atoms with Gasteiger partial charge in [0.1, 0.15) is 0 Å². The average molecular weight is 423 g/mol. The highest BCUT2D eigenvalue weighted by molar-refractivity contribution is 5.92. The average Bonchev–Trinajstić information content (AvgIpc) is 3.22. The summed E-state index contributed by atoms with van der Waals surface area (Å²) in [5, 5.41) is 3.52. The molecule has 1 fully saturated rings. The summed E-state index contributed by atoms with van der Waals surface area (Å²) in [5.74, 6) is 0.836. The van der Waals surface area contributed by atoms with Gasteiger partial charge in [-0.2, -0.15) is 0 Å². The van der Waals surface area contributed by atoms with Crippen molar-refractivity contribution in [1.82, 2.24) is 10.2 Å². The molecule has 4 nitrogen and oxygen atoms in total. The number of nitrogens with one attached hydrogen (secondary N) is 1. The van der Waals surface area contributed by atoms with Gasteiger partial charge in [-0.1, -0.05) is 79.6 Å². The molecule has 176 valence electrons.